The third-order valence-corrected chi connectivity index (χ3v) is 4.41. The fraction of sp³-hybridized carbons (Fsp3) is 0.667. The van der Waals surface area contributed by atoms with Crippen molar-refractivity contribution in [3.05, 3.63) is 29.8 Å². The van der Waals surface area contributed by atoms with Crippen molar-refractivity contribution in [2.75, 3.05) is 18.0 Å². The van der Waals surface area contributed by atoms with Gasteiger partial charge in [-0.05, 0) is 36.3 Å². The highest BCUT2D eigenvalue weighted by molar-refractivity contribution is 5.55. The van der Waals surface area contributed by atoms with E-state index in [2.05, 4.69) is 49.9 Å². The van der Waals surface area contributed by atoms with Crippen LogP contribution in [0.5, 0.6) is 0 Å². The second-order valence-corrected chi connectivity index (χ2v) is 6.66. The first-order valence-corrected chi connectivity index (χ1v) is 8.21. The minimum absolute atomic E-state index is 0.179. The first-order chi connectivity index (χ1) is 9.61. The van der Waals surface area contributed by atoms with Crippen LogP contribution in [0.15, 0.2) is 24.3 Å². The number of nitrogens with two attached hydrogens (primary N) is 1. The highest BCUT2D eigenvalue weighted by Crippen LogP contribution is 2.32. The lowest BCUT2D eigenvalue weighted by molar-refractivity contribution is 0.356. The van der Waals surface area contributed by atoms with E-state index in [0.29, 0.717) is 0 Å². The molecule has 3 atom stereocenters. The van der Waals surface area contributed by atoms with Gasteiger partial charge in [-0.1, -0.05) is 51.8 Å². The van der Waals surface area contributed by atoms with Crippen LogP contribution in [0.2, 0.25) is 0 Å². The summed E-state index contributed by atoms with van der Waals surface area (Å²) in [5.41, 5.74) is 9.14. The standard InChI is InChI=1S/C18H30N2/c1-4-5-9-17(19)16-8-6-7-10-18(16)20-12-14(2)11-15(3)13-20/h6-8,10,14-15,17H,4-5,9,11-13,19H2,1-3H3. The lowest BCUT2D eigenvalue weighted by Crippen LogP contribution is -2.39. The predicted molar refractivity (Wildman–Crippen MR) is 88.1 cm³/mol. The molecule has 1 aliphatic rings. The summed E-state index contributed by atoms with van der Waals surface area (Å²) in [6, 6.07) is 8.93. The van der Waals surface area contributed by atoms with E-state index in [1.165, 1.54) is 43.6 Å². The van der Waals surface area contributed by atoms with Crippen molar-refractivity contribution in [2.24, 2.45) is 17.6 Å². The number of anilines is 1. The molecule has 1 aromatic rings. The van der Waals surface area contributed by atoms with Crippen LogP contribution in [0, 0.1) is 11.8 Å². The second-order valence-electron chi connectivity index (χ2n) is 6.66. The van der Waals surface area contributed by atoms with Crippen molar-refractivity contribution < 1.29 is 0 Å². The highest BCUT2D eigenvalue weighted by atomic mass is 15.1. The molecule has 0 bridgehead atoms. The Balaban J connectivity index is 2.18. The van der Waals surface area contributed by atoms with E-state index in [4.69, 9.17) is 5.73 Å². The average Bonchev–Trinajstić information content (AvgIpc) is 2.43. The van der Waals surface area contributed by atoms with Crippen molar-refractivity contribution >= 4 is 5.69 Å². The van der Waals surface area contributed by atoms with Crippen molar-refractivity contribution in [2.45, 2.75) is 52.5 Å². The van der Waals surface area contributed by atoms with Crippen molar-refractivity contribution in [1.29, 1.82) is 0 Å². The Morgan fingerprint density at radius 2 is 1.85 bits per heavy atom. The van der Waals surface area contributed by atoms with Crippen LogP contribution < -0.4 is 10.6 Å². The van der Waals surface area contributed by atoms with Gasteiger partial charge in [-0.2, -0.15) is 0 Å². The molecule has 2 rings (SSSR count). The smallest absolute Gasteiger partial charge is 0.0414 e. The van der Waals surface area contributed by atoms with Gasteiger partial charge in [-0.25, -0.2) is 0 Å². The van der Waals surface area contributed by atoms with Crippen LogP contribution in [-0.2, 0) is 0 Å². The third kappa shape index (κ3) is 3.76. The molecule has 0 radical (unpaired) electrons. The Labute approximate surface area is 124 Å². The van der Waals surface area contributed by atoms with Gasteiger partial charge in [0.05, 0.1) is 0 Å². The van der Waals surface area contributed by atoms with Gasteiger partial charge in [-0.3, -0.25) is 0 Å². The molecule has 0 aromatic heterocycles. The molecule has 1 aliphatic heterocycles. The van der Waals surface area contributed by atoms with Crippen molar-refractivity contribution in [3.8, 4) is 0 Å². The zero-order valence-electron chi connectivity index (χ0n) is 13.3. The van der Waals surface area contributed by atoms with Gasteiger partial charge in [0.25, 0.3) is 0 Å². The summed E-state index contributed by atoms with van der Waals surface area (Å²) < 4.78 is 0. The Hall–Kier alpha value is -1.02. The molecule has 1 heterocycles. The van der Waals surface area contributed by atoms with Gasteiger partial charge in [0.1, 0.15) is 0 Å². The van der Waals surface area contributed by atoms with Gasteiger partial charge in [0.15, 0.2) is 0 Å². The van der Waals surface area contributed by atoms with E-state index in [-0.39, 0.29) is 6.04 Å². The number of nitrogens with zero attached hydrogens (tertiary/aromatic N) is 1. The van der Waals surface area contributed by atoms with Crippen LogP contribution in [0.3, 0.4) is 0 Å². The summed E-state index contributed by atoms with van der Waals surface area (Å²) in [7, 11) is 0. The van der Waals surface area contributed by atoms with E-state index in [0.717, 1.165) is 18.3 Å². The molecule has 2 N–H and O–H groups in total. The minimum Gasteiger partial charge on any atom is -0.371 e. The molecule has 1 fully saturated rings. The van der Waals surface area contributed by atoms with E-state index in [9.17, 15) is 0 Å². The lowest BCUT2D eigenvalue weighted by atomic mass is 9.90. The molecular weight excluding hydrogens is 244 g/mol. The molecule has 2 heteroatoms. The van der Waals surface area contributed by atoms with E-state index >= 15 is 0 Å². The summed E-state index contributed by atoms with van der Waals surface area (Å²) in [5.74, 6) is 1.55. The second kappa shape index (κ2) is 7.12. The largest absolute Gasteiger partial charge is 0.371 e. The van der Waals surface area contributed by atoms with Crippen LogP contribution in [-0.4, -0.2) is 13.1 Å². The van der Waals surface area contributed by atoms with Crippen LogP contribution in [0.25, 0.3) is 0 Å². The van der Waals surface area contributed by atoms with E-state index in [1.807, 2.05) is 0 Å². The quantitative estimate of drug-likeness (QED) is 0.864. The number of piperidine rings is 1. The molecule has 20 heavy (non-hydrogen) atoms. The predicted octanol–water partition coefficient (Wildman–Crippen LogP) is 4.36. The minimum atomic E-state index is 0.179. The molecule has 0 saturated carbocycles. The number of hydrogen-bond donors (Lipinski definition) is 1. The Morgan fingerprint density at radius 1 is 1.20 bits per heavy atom. The van der Waals surface area contributed by atoms with Crippen LogP contribution >= 0.6 is 0 Å². The zero-order valence-corrected chi connectivity index (χ0v) is 13.3. The first-order valence-electron chi connectivity index (χ1n) is 8.21. The van der Waals surface area contributed by atoms with E-state index in [1.54, 1.807) is 0 Å². The Bertz CT molecular complexity index is 406. The molecule has 2 nitrogen and oxygen atoms in total. The molecular formula is C18H30N2. The van der Waals surface area contributed by atoms with Gasteiger partial charge < -0.3 is 10.6 Å². The molecule has 3 unspecified atom stereocenters. The fourth-order valence-corrected chi connectivity index (χ4v) is 3.53. The number of para-hydroxylation sites is 1. The molecule has 1 saturated heterocycles. The van der Waals surface area contributed by atoms with Crippen LogP contribution in [0.4, 0.5) is 5.69 Å². The van der Waals surface area contributed by atoms with Crippen LogP contribution in [0.1, 0.15) is 58.1 Å². The monoisotopic (exact) mass is 274 g/mol. The molecule has 112 valence electrons. The summed E-state index contributed by atoms with van der Waals surface area (Å²) in [6.07, 6.45) is 4.86. The Morgan fingerprint density at radius 3 is 2.50 bits per heavy atom. The topological polar surface area (TPSA) is 29.3 Å². The Kier molecular flexibility index (Phi) is 5.47. The average molecular weight is 274 g/mol. The molecule has 0 spiro atoms. The van der Waals surface area contributed by atoms with Gasteiger partial charge in [0.2, 0.25) is 0 Å². The SMILES string of the molecule is CCCCC(N)c1ccccc1N1CC(C)CC(C)C1. The lowest BCUT2D eigenvalue weighted by Gasteiger charge is -2.38. The maximum absolute atomic E-state index is 6.43. The summed E-state index contributed by atoms with van der Waals surface area (Å²) in [4.78, 5) is 2.56. The number of rotatable bonds is 5. The molecule has 0 amide bonds. The number of benzene rings is 1. The fourth-order valence-electron chi connectivity index (χ4n) is 3.53. The molecule has 1 aromatic carbocycles. The highest BCUT2D eigenvalue weighted by Gasteiger charge is 2.24. The first kappa shape index (κ1) is 15.4. The maximum atomic E-state index is 6.43. The normalized spacial score (nSPS) is 24.7. The summed E-state index contributed by atoms with van der Waals surface area (Å²) in [5, 5.41) is 0. The van der Waals surface area contributed by atoms with Gasteiger partial charge in [-0.15, -0.1) is 0 Å². The van der Waals surface area contributed by atoms with Crippen molar-refractivity contribution in [3.63, 3.8) is 0 Å². The summed E-state index contributed by atoms with van der Waals surface area (Å²) in [6.45, 7) is 9.29. The maximum Gasteiger partial charge on any atom is 0.0414 e. The van der Waals surface area contributed by atoms with Gasteiger partial charge in [0, 0.05) is 24.8 Å². The van der Waals surface area contributed by atoms with E-state index < -0.39 is 0 Å². The zero-order chi connectivity index (χ0) is 14.5. The molecule has 0 aliphatic carbocycles. The van der Waals surface area contributed by atoms with Gasteiger partial charge >= 0.3 is 0 Å². The number of unbranched alkanes of at least 4 members (excludes halogenated alkanes) is 1. The third-order valence-electron chi connectivity index (χ3n) is 4.41. The number of hydrogen-bond acceptors (Lipinski definition) is 2. The van der Waals surface area contributed by atoms with Crippen molar-refractivity contribution in [1.82, 2.24) is 0 Å². The summed E-state index contributed by atoms with van der Waals surface area (Å²) >= 11 is 0.